The Balaban J connectivity index is 0. The van der Waals surface area contributed by atoms with Crippen molar-refractivity contribution in [3.8, 4) is 0 Å². The van der Waals surface area contributed by atoms with Crippen molar-refractivity contribution in [2.45, 2.75) is 6.18 Å². The molecule has 78 valence electrons. The van der Waals surface area contributed by atoms with E-state index in [-0.39, 0.29) is 18.9 Å². The molecular weight excluding hydrogens is 207 g/mol. The molecule has 0 bridgehead atoms. The van der Waals surface area contributed by atoms with E-state index in [4.69, 9.17) is 15.1 Å². The molecule has 0 aliphatic carbocycles. The first-order chi connectivity index (χ1) is 6.34. The third-order valence-electron chi connectivity index (χ3n) is 1.01. The fraction of sp³-hybridized carbons (Fsp3) is 0.143. The van der Waals surface area contributed by atoms with Crippen LogP contribution in [-0.4, -0.2) is 22.4 Å². The van der Waals surface area contributed by atoms with Crippen LogP contribution in [-0.2, 0) is 6.18 Å². The number of halogens is 3. The molecule has 1 rings (SSSR count). The second kappa shape index (κ2) is 7.79. The molecule has 3 N–H and O–H groups in total. The van der Waals surface area contributed by atoms with Crippen molar-refractivity contribution in [3.05, 3.63) is 35.9 Å². The Morgan fingerprint density at radius 2 is 1.60 bits per heavy atom. The standard InChI is InChI=1S/C7H4F3.BH3O3.Li/c8-7(9,10)6-4-2-1-3-5-6;2-1(3)4;/h1-4H;2-4H;/q-1;;+1. The van der Waals surface area contributed by atoms with Crippen molar-refractivity contribution >= 4 is 7.32 Å². The second-order valence-corrected chi connectivity index (χ2v) is 2.12. The molecule has 0 saturated heterocycles. The molecule has 0 unspecified atom stereocenters. The van der Waals surface area contributed by atoms with Crippen LogP contribution in [0.5, 0.6) is 0 Å². The van der Waals surface area contributed by atoms with Gasteiger partial charge in [-0.25, -0.2) is 0 Å². The van der Waals surface area contributed by atoms with Gasteiger partial charge < -0.3 is 15.1 Å². The van der Waals surface area contributed by atoms with E-state index in [2.05, 4.69) is 6.07 Å². The van der Waals surface area contributed by atoms with Crippen LogP contribution in [0.3, 0.4) is 0 Å². The third kappa shape index (κ3) is 9.85. The van der Waals surface area contributed by atoms with Crippen LogP contribution in [0.1, 0.15) is 5.56 Å². The molecule has 15 heavy (non-hydrogen) atoms. The van der Waals surface area contributed by atoms with E-state index in [0.717, 1.165) is 6.07 Å². The van der Waals surface area contributed by atoms with E-state index in [9.17, 15) is 13.2 Å². The second-order valence-electron chi connectivity index (χ2n) is 2.12. The zero-order chi connectivity index (χ0) is 11.2. The third-order valence-corrected chi connectivity index (χ3v) is 1.01. The maximum Gasteiger partial charge on any atom is 1.00 e. The van der Waals surface area contributed by atoms with E-state index in [1.807, 2.05) is 0 Å². The Morgan fingerprint density at radius 1 is 1.13 bits per heavy atom. The van der Waals surface area contributed by atoms with Gasteiger partial charge in [0, 0.05) is 0 Å². The van der Waals surface area contributed by atoms with Crippen molar-refractivity contribution in [2.24, 2.45) is 0 Å². The summed E-state index contributed by atoms with van der Waals surface area (Å²) in [5.41, 5.74) is -0.727. The summed E-state index contributed by atoms with van der Waals surface area (Å²) in [5, 5.41) is 21.5. The molecule has 0 heterocycles. The van der Waals surface area contributed by atoms with E-state index < -0.39 is 19.1 Å². The maximum absolute atomic E-state index is 11.8. The first-order valence-corrected chi connectivity index (χ1v) is 3.42. The zero-order valence-electron chi connectivity index (χ0n) is 7.86. The number of hydrogen-bond donors (Lipinski definition) is 3. The largest absolute Gasteiger partial charge is 1.00 e. The quantitative estimate of drug-likeness (QED) is 0.329. The van der Waals surface area contributed by atoms with Crippen LogP contribution < -0.4 is 18.9 Å². The smallest absolute Gasteiger partial charge is 0.402 e. The Labute approximate surface area is 96.9 Å². The number of hydrogen-bond acceptors (Lipinski definition) is 3. The minimum absolute atomic E-state index is 0. The van der Waals surface area contributed by atoms with Gasteiger partial charge in [-0.05, 0) is 0 Å². The van der Waals surface area contributed by atoms with Crippen molar-refractivity contribution in [1.29, 1.82) is 0 Å². The Bertz CT molecular complexity index is 253. The van der Waals surface area contributed by atoms with Gasteiger partial charge in [-0.3, -0.25) is 0 Å². The van der Waals surface area contributed by atoms with E-state index in [1.165, 1.54) is 18.2 Å². The Kier molecular flexibility index (Phi) is 8.81. The molecule has 1 aromatic carbocycles. The predicted molar refractivity (Wildman–Crippen MR) is 42.7 cm³/mol. The summed E-state index contributed by atoms with van der Waals surface area (Å²) >= 11 is 0. The SMILES string of the molecule is FC(F)(F)c1[c-]cccc1.OB(O)O.[Li+]. The van der Waals surface area contributed by atoms with E-state index in [0.29, 0.717) is 0 Å². The normalized spacial score (nSPS) is 9.47. The molecule has 0 aromatic heterocycles. The van der Waals surface area contributed by atoms with Crippen LogP contribution in [0, 0.1) is 6.07 Å². The van der Waals surface area contributed by atoms with Crippen LogP contribution >= 0.6 is 0 Å². The fourth-order valence-electron chi connectivity index (χ4n) is 0.570. The first-order valence-electron chi connectivity index (χ1n) is 3.42. The molecule has 3 nitrogen and oxygen atoms in total. The molecular formula is C7H7BF3LiO3. The summed E-state index contributed by atoms with van der Waals surface area (Å²) in [6.45, 7) is 0. The minimum Gasteiger partial charge on any atom is -0.402 e. The molecule has 0 aliphatic heterocycles. The fourth-order valence-corrected chi connectivity index (χ4v) is 0.570. The van der Waals surface area contributed by atoms with E-state index in [1.54, 1.807) is 0 Å². The average Bonchev–Trinajstić information content (AvgIpc) is 2.03. The molecule has 1 aromatic rings. The maximum atomic E-state index is 11.8. The van der Waals surface area contributed by atoms with Gasteiger partial charge in [0.2, 0.25) is 0 Å². The van der Waals surface area contributed by atoms with Crippen molar-refractivity contribution in [3.63, 3.8) is 0 Å². The van der Waals surface area contributed by atoms with Gasteiger partial charge in [-0.1, -0.05) is 5.56 Å². The van der Waals surface area contributed by atoms with E-state index >= 15 is 0 Å². The van der Waals surface area contributed by atoms with Gasteiger partial charge in [-0.15, -0.1) is 0 Å². The van der Waals surface area contributed by atoms with Crippen molar-refractivity contribution in [2.75, 3.05) is 0 Å². The molecule has 0 fully saturated rings. The topological polar surface area (TPSA) is 60.7 Å². The number of alkyl halides is 3. The number of rotatable bonds is 0. The van der Waals surface area contributed by atoms with Crippen molar-refractivity contribution in [1.82, 2.24) is 0 Å². The van der Waals surface area contributed by atoms with Gasteiger partial charge in [-0.2, -0.15) is 43.5 Å². The van der Waals surface area contributed by atoms with Gasteiger partial charge in [0.15, 0.2) is 0 Å². The predicted octanol–water partition coefficient (Wildman–Crippen LogP) is -2.54. The molecule has 0 spiro atoms. The molecule has 8 heteroatoms. The summed E-state index contributed by atoms with van der Waals surface area (Å²) in [7, 11) is -2.17. The van der Waals surface area contributed by atoms with Crippen molar-refractivity contribution < 1.29 is 47.1 Å². The summed E-state index contributed by atoms with van der Waals surface area (Å²) in [6.07, 6.45) is -4.26. The monoisotopic (exact) mass is 214 g/mol. The van der Waals surface area contributed by atoms with Gasteiger partial charge in [0.05, 0.1) is 0 Å². The van der Waals surface area contributed by atoms with Crippen LogP contribution in [0.25, 0.3) is 0 Å². The molecule has 0 aliphatic rings. The van der Waals surface area contributed by atoms with Gasteiger partial charge in [0.25, 0.3) is 0 Å². The average molecular weight is 214 g/mol. The molecule has 0 radical (unpaired) electrons. The summed E-state index contributed by atoms with van der Waals surface area (Å²) in [6, 6.07) is 7.14. The number of benzene rings is 1. The van der Waals surface area contributed by atoms with Gasteiger partial charge >= 0.3 is 32.4 Å². The zero-order valence-corrected chi connectivity index (χ0v) is 7.86. The molecule has 0 amide bonds. The first kappa shape index (κ1) is 17.0. The minimum atomic E-state index is -4.26. The van der Waals surface area contributed by atoms with Gasteiger partial charge in [0.1, 0.15) is 0 Å². The van der Waals surface area contributed by atoms with Crippen LogP contribution in [0.2, 0.25) is 0 Å². The summed E-state index contributed by atoms with van der Waals surface area (Å²) in [4.78, 5) is 0. The Morgan fingerprint density at radius 3 is 1.80 bits per heavy atom. The molecule has 0 saturated carbocycles. The van der Waals surface area contributed by atoms with Crippen LogP contribution in [0.15, 0.2) is 24.3 Å². The molecule has 0 atom stereocenters. The van der Waals surface area contributed by atoms with Crippen LogP contribution in [0.4, 0.5) is 13.2 Å². The summed E-state index contributed by atoms with van der Waals surface area (Å²) < 4.78 is 35.3. The summed E-state index contributed by atoms with van der Waals surface area (Å²) in [5.74, 6) is 0. The Hall–Kier alpha value is -0.448.